The largest absolute Gasteiger partial charge is 0.347 e. The van der Waals surface area contributed by atoms with E-state index < -0.39 is 0 Å². The molecule has 5 aliphatic rings. The van der Waals surface area contributed by atoms with Crippen LogP contribution >= 0.6 is 15.9 Å². The average molecular weight is 407 g/mol. The average Bonchev–Trinajstić information content (AvgIpc) is 3.14. The monoisotopic (exact) mass is 406 g/mol. The summed E-state index contributed by atoms with van der Waals surface area (Å²) in [5, 5.41) is 0. The van der Waals surface area contributed by atoms with Crippen molar-refractivity contribution in [1.82, 2.24) is 0 Å². The predicted octanol–water partition coefficient (Wildman–Crippen LogP) is 4.70. The van der Waals surface area contributed by atoms with Crippen LogP contribution in [0.5, 0.6) is 0 Å². The van der Waals surface area contributed by atoms with E-state index in [0.717, 1.165) is 51.7 Å². The molecular formula is C21H27BrO3. The van der Waals surface area contributed by atoms with Crippen LogP contribution in [0.25, 0.3) is 0 Å². The number of rotatable bonds is 0. The van der Waals surface area contributed by atoms with Crippen molar-refractivity contribution < 1.29 is 14.3 Å². The molecule has 0 aromatic heterocycles. The van der Waals surface area contributed by atoms with E-state index in [1.165, 1.54) is 17.6 Å². The van der Waals surface area contributed by atoms with Gasteiger partial charge >= 0.3 is 0 Å². The molecule has 0 aromatic carbocycles. The van der Waals surface area contributed by atoms with E-state index in [2.05, 4.69) is 35.9 Å². The number of hydrogen-bond donors (Lipinski definition) is 0. The van der Waals surface area contributed by atoms with Crippen LogP contribution in [-0.4, -0.2) is 29.1 Å². The molecule has 0 bridgehead atoms. The highest BCUT2D eigenvalue weighted by atomic mass is 79.9. The number of allylic oxidation sites excluding steroid dienone is 3. The highest BCUT2D eigenvalue weighted by Gasteiger charge is 2.62. The van der Waals surface area contributed by atoms with Crippen molar-refractivity contribution in [2.24, 2.45) is 17.3 Å². The third-order valence-corrected chi connectivity index (χ3v) is 9.81. The van der Waals surface area contributed by atoms with Crippen molar-refractivity contribution in [3.8, 4) is 0 Å². The van der Waals surface area contributed by atoms with Gasteiger partial charge in [0, 0.05) is 34.9 Å². The number of alkyl halides is 1. The summed E-state index contributed by atoms with van der Waals surface area (Å²) in [6.45, 7) is 5.94. The molecule has 0 amide bonds. The molecule has 3 fully saturated rings. The Morgan fingerprint density at radius 3 is 2.76 bits per heavy atom. The van der Waals surface area contributed by atoms with Crippen molar-refractivity contribution in [3.63, 3.8) is 0 Å². The van der Waals surface area contributed by atoms with Crippen molar-refractivity contribution in [3.05, 3.63) is 22.8 Å². The Labute approximate surface area is 158 Å². The maximum absolute atomic E-state index is 12.6. The van der Waals surface area contributed by atoms with Gasteiger partial charge in [-0.1, -0.05) is 34.5 Å². The summed E-state index contributed by atoms with van der Waals surface area (Å²) in [5.74, 6) is 1.18. The minimum Gasteiger partial charge on any atom is -0.347 e. The van der Waals surface area contributed by atoms with Crippen molar-refractivity contribution in [1.29, 1.82) is 0 Å². The minimum absolute atomic E-state index is 0.0521. The van der Waals surface area contributed by atoms with Gasteiger partial charge in [-0.05, 0) is 49.7 Å². The lowest BCUT2D eigenvalue weighted by Gasteiger charge is -2.53. The molecule has 4 heteroatoms. The van der Waals surface area contributed by atoms with E-state index in [0.29, 0.717) is 17.6 Å². The molecule has 4 aliphatic carbocycles. The van der Waals surface area contributed by atoms with Gasteiger partial charge in [0.05, 0.1) is 13.2 Å². The second kappa shape index (κ2) is 5.30. The van der Waals surface area contributed by atoms with Crippen LogP contribution in [0.1, 0.15) is 58.8 Å². The highest BCUT2D eigenvalue weighted by Crippen LogP contribution is 2.64. The highest BCUT2D eigenvalue weighted by molar-refractivity contribution is 9.10. The number of carbonyl (C=O) groups excluding carboxylic acids is 1. The zero-order valence-corrected chi connectivity index (χ0v) is 16.8. The Balaban J connectivity index is 1.56. The third-order valence-electron chi connectivity index (χ3n) is 7.98. The van der Waals surface area contributed by atoms with E-state index in [1.807, 2.05) is 0 Å². The zero-order chi connectivity index (χ0) is 17.4. The van der Waals surface area contributed by atoms with Crippen LogP contribution in [-0.2, 0) is 14.3 Å². The number of fused-ring (bicyclic) bond motifs is 4. The number of ketones is 1. The first-order chi connectivity index (χ1) is 11.9. The molecule has 1 aliphatic heterocycles. The van der Waals surface area contributed by atoms with Crippen molar-refractivity contribution in [2.75, 3.05) is 13.2 Å². The summed E-state index contributed by atoms with van der Waals surface area (Å²) in [7, 11) is 0. The Kier molecular flexibility index (Phi) is 3.54. The first-order valence-electron chi connectivity index (χ1n) is 9.79. The van der Waals surface area contributed by atoms with Crippen molar-refractivity contribution >= 4 is 21.7 Å². The van der Waals surface area contributed by atoms with Gasteiger partial charge < -0.3 is 9.47 Å². The van der Waals surface area contributed by atoms with Gasteiger partial charge in [-0.25, -0.2) is 0 Å². The van der Waals surface area contributed by atoms with Crippen molar-refractivity contribution in [2.45, 2.75) is 68.9 Å². The lowest BCUT2D eigenvalue weighted by atomic mass is 9.56. The number of ether oxygens (including phenoxy) is 2. The molecule has 4 atom stereocenters. The molecule has 2 saturated carbocycles. The summed E-state index contributed by atoms with van der Waals surface area (Å²) in [6.07, 6.45) is 9.21. The summed E-state index contributed by atoms with van der Waals surface area (Å²) in [5.41, 5.74) is 4.27. The van der Waals surface area contributed by atoms with Crippen LogP contribution in [0.4, 0.5) is 0 Å². The van der Waals surface area contributed by atoms with E-state index in [-0.39, 0.29) is 15.5 Å². The maximum Gasteiger partial charge on any atom is 0.172 e. The molecule has 0 aromatic rings. The van der Waals surface area contributed by atoms with Gasteiger partial charge in [-0.2, -0.15) is 0 Å². The number of carbonyl (C=O) groups is 1. The third kappa shape index (κ3) is 2.08. The first kappa shape index (κ1) is 16.7. The topological polar surface area (TPSA) is 35.5 Å². The molecule has 0 N–H and O–H groups in total. The SMILES string of the molecule is CC1=C2CC3(CCC2CC2C1=CC[C@@]1(C)C(=O)CCC21Br)OCCO3. The quantitative estimate of drug-likeness (QED) is 0.546. The normalized spacial score (nSPS) is 45.2. The molecular weight excluding hydrogens is 380 g/mol. The Bertz CT molecular complexity index is 702. The Morgan fingerprint density at radius 1 is 1.24 bits per heavy atom. The van der Waals surface area contributed by atoms with E-state index in [1.54, 1.807) is 5.57 Å². The number of halogens is 1. The fraction of sp³-hybridized carbons (Fsp3) is 0.762. The zero-order valence-electron chi connectivity index (χ0n) is 15.2. The van der Waals surface area contributed by atoms with Crippen LogP contribution in [0.3, 0.4) is 0 Å². The molecule has 1 heterocycles. The molecule has 3 nitrogen and oxygen atoms in total. The van der Waals surface area contributed by atoms with Crippen LogP contribution in [0, 0.1) is 17.3 Å². The second-order valence-electron chi connectivity index (χ2n) is 8.94. The summed E-state index contributed by atoms with van der Waals surface area (Å²) < 4.78 is 12.0. The molecule has 0 radical (unpaired) electrons. The van der Waals surface area contributed by atoms with Crippen LogP contribution < -0.4 is 0 Å². The van der Waals surface area contributed by atoms with E-state index in [4.69, 9.17) is 9.47 Å². The van der Waals surface area contributed by atoms with Gasteiger partial charge in [0.15, 0.2) is 5.79 Å². The van der Waals surface area contributed by atoms with Crippen LogP contribution in [0.2, 0.25) is 0 Å². The Morgan fingerprint density at radius 2 is 2.00 bits per heavy atom. The molecule has 1 saturated heterocycles. The second-order valence-corrected chi connectivity index (χ2v) is 10.4. The Hall–Kier alpha value is -0.450. The van der Waals surface area contributed by atoms with Gasteiger partial charge in [0.2, 0.25) is 0 Å². The standard InChI is InChI=1S/C21H27BrO3/c1-13-15-4-6-19(2)18(23)5-8-21(19,22)17(15)11-14-3-7-20(12-16(13)14)24-9-10-25-20/h4,14,17H,3,5-12H2,1-2H3/t14?,17?,19-,21?/m0/s1. The molecule has 3 unspecified atom stereocenters. The molecule has 25 heavy (non-hydrogen) atoms. The minimum atomic E-state index is -0.348. The summed E-state index contributed by atoms with van der Waals surface area (Å²) >= 11 is 4.13. The first-order valence-corrected chi connectivity index (χ1v) is 10.6. The van der Waals surface area contributed by atoms with Gasteiger partial charge in [0.25, 0.3) is 0 Å². The maximum atomic E-state index is 12.6. The molecule has 1 spiro atoms. The van der Waals surface area contributed by atoms with Crippen LogP contribution in [0.15, 0.2) is 22.8 Å². The smallest absolute Gasteiger partial charge is 0.172 e. The fourth-order valence-electron chi connectivity index (χ4n) is 6.36. The van der Waals surface area contributed by atoms with Gasteiger partial charge in [0.1, 0.15) is 5.78 Å². The van der Waals surface area contributed by atoms with E-state index >= 15 is 0 Å². The molecule has 5 rings (SSSR count). The fourth-order valence-corrected chi connectivity index (χ4v) is 7.37. The number of Topliss-reactive ketones (excluding diaryl/α,β-unsaturated/α-hetero) is 1. The molecule has 136 valence electrons. The lowest BCUT2D eigenvalue weighted by molar-refractivity contribution is -0.172. The van der Waals surface area contributed by atoms with Gasteiger partial charge in [-0.3, -0.25) is 4.79 Å². The predicted molar refractivity (Wildman–Crippen MR) is 99.5 cm³/mol. The van der Waals surface area contributed by atoms with Gasteiger partial charge in [-0.15, -0.1) is 0 Å². The summed E-state index contributed by atoms with van der Waals surface area (Å²) in [4.78, 5) is 12.6. The lowest BCUT2D eigenvalue weighted by Crippen LogP contribution is -2.51. The van der Waals surface area contributed by atoms with E-state index in [9.17, 15) is 4.79 Å². The summed E-state index contributed by atoms with van der Waals surface area (Å²) in [6, 6.07) is 0. The number of hydrogen-bond acceptors (Lipinski definition) is 3.